The first-order valence-corrected chi connectivity index (χ1v) is 5.51. The van der Waals surface area contributed by atoms with Gasteiger partial charge in [-0.3, -0.25) is 4.79 Å². The Balaban J connectivity index is 2.44. The minimum absolute atomic E-state index is 0.165. The average Bonchev–Trinajstić information content (AvgIpc) is 2.32. The van der Waals surface area contributed by atoms with Gasteiger partial charge < -0.3 is 20.9 Å². The van der Waals surface area contributed by atoms with Crippen molar-refractivity contribution in [2.75, 3.05) is 26.0 Å². The highest BCUT2D eigenvalue weighted by Crippen LogP contribution is 2.23. The number of nitrogens with one attached hydrogen (secondary N) is 1. The number of carbonyl (C=O) groups is 1. The van der Waals surface area contributed by atoms with Gasteiger partial charge in [-0.05, 0) is 25.0 Å². The number of rotatable bonds is 6. The van der Waals surface area contributed by atoms with Crippen LogP contribution < -0.4 is 11.1 Å². The molecule has 1 aromatic rings. The smallest absolute Gasteiger partial charge is 0.255 e. The summed E-state index contributed by atoms with van der Waals surface area (Å²) in [5.74, 6) is -0.478. The van der Waals surface area contributed by atoms with Gasteiger partial charge >= 0.3 is 0 Å². The van der Waals surface area contributed by atoms with Crippen LogP contribution in [0.4, 0.5) is 5.69 Å². The van der Waals surface area contributed by atoms with Crippen molar-refractivity contribution in [2.45, 2.75) is 12.8 Å². The molecular weight excluding hydrogens is 220 g/mol. The summed E-state index contributed by atoms with van der Waals surface area (Å²) in [6.07, 6.45) is 1.72. The van der Waals surface area contributed by atoms with E-state index in [1.54, 1.807) is 19.2 Å². The molecule has 0 aromatic heterocycles. The molecule has 0 unspecified atom stereocenters. The van der Waals surface area contributed by atoms with Gasteiger partial charge in [0.2, 0.25) is 0 Å². The van der Waals surface area contributed by atoms with Crippen molar-refractivity contribution in [3.8, 4) is 5.75 Å². The number of nitrogens with two attached hydrogens (primary N) is 1. The first-order valence-electron chi connectivity index (χ1n) is 5.51. The van der Waals surface area contributed by atoms with Gasteiger partial charge in [-0.2, -0.15) is 0 Å². The molecule has 0 saturated heterocycles. The number of para-hydroxylation sites is 1. The molecule has 0 aliphatic rings. The zero-order valence-electron chi connectivity index (χ0n) is 9.90. The topological polar surface area (TPSA) is 84.6 Å². The molecule has 0 heterocycles. The highest BCUT2D eigenvalue weighted by Gasteiger charge is 2.11. The van der Waals surface area contributed by atoms with E-state index < -0.39 is 0 Å². The van der Waals surface area contributed by atoms with E-state index >= 15 is 0 Å². The molecular formula is C12H18N2O3. The number of phenols is 1. The standard InChI is InChI=1S/C12H18N2O3/c1-17-8-3-2-7-14-12(16)9-5-4-6-10(13)11(9)15/h4-6,15H,2-3,7-8,13H2,1H3,(H,14,16). The van der Waals surface area contributed by atoms with Crippen LogP contribution in [0.1, 0.15) is 23.2 Å². The predicted octanol–water partition coefficient (Wildman–Crippen LogP) is 1.13. The van der Waals surface area contributed by atoms with Gasteiger partial charge in [0.05, 0.1) is 11.3 Å². The fourth-order valence-electron chi connectivity index (χ4n) is 1.41. The van der Waals surface area contributed by atoms with Crippen LogP contribution in [0.5, 0.6) is 5.75 Å². The van der Waals surface area contributed by atoms with Gasteiger partial charge in [0.1, 0.15) is 0 Å². The van der Waals surface area contributed by atoms with Gasteiger partial charge in [-0.1, -0.05) is 6.07 Å². The van der Waals surface area contributed by atoms with Crippen molar-refractivity contribution >= 4 is 11.6 Å². The molecule has 0 aliphatic carbocycles. The lowest BCUT2D eigenvalue weighted by Crippen LogP contribution is -2.24. The SMILES string of the molecule is COCCCCNC(=O)c1cccc(N)c1O. The van der Waals surface area contributed by atoms with E-state index in [0.29, 0.717) is 13.2 Å². The third kappa shape index (κ3) is 3.96. The van der Waals surface area contributed by atoms with Crippen molar-refractivity contribution in [1.29, 1.82) is 0 Å². The zero-order chi connectivity index (χ0) is 12.7. The number of unbranched alkanes of at least 4 members (excludes halogenated alkanes) is 1. The molecule has 0 fully saturated rings. The van der Waals surface area contributed by atoms with Gasteiger partial charge in [0.25, 0.3) is 5.91 Å². The Hall–Kier alpha value is -1.75. The van der Waals surface area contributed by atoms with Gasteiger partial charge in [0.15, 0.2) is 5.75 Å². The van der Waals surface area contributed by atoms with E-state index in [1.807, 2.05) is 0 Å². The third-order valence-corrected chi connectivity index (χ3v) is 2.37. The van der Waals surface area contributed by atoms with Crippen LogP contribution in [-0.2, 0) is 4.74 Å². The molecule has 17 heavy (non-hydrogen) atoms. The Morgan fingerprint density at radius 2 is 2.24 bits per heavy atom. The van der Waals surface area contributed by atoms with Crippen LogP contribution in [0.2, 0.25) is 0 Å². The molecule has 0 bridgehead atoms. The number of amides is 1. The zero-order valence-corrected chi connectivity index (χ0v) is 9.90. The monoisotopic (exact) mass is 238 g/mol. The highest BCUT2D eigenvalue weighted by atomic mass is 16.5. The Kier molecular flexibility index (Phi) is 5.29. The molecule has 0 atom stereocenters. The number of carbonyl (C=O) groups excluding carboxylic acids is 1. The Morgan fingerprint density at radius 1 is 1.47 bits per heavy atom. The molecule has 94 valence electrons. The van der Waals surface area contributed by atoms with E-state index in [4.69, 9.17) is 10.5 Å². The normalized spacial score (nSPS) is 10.2. The maximum atomic E-state index is 11.7. The average molecular weight is 238 g/mol. The van der Waals surface area contributed by atoms with Gasteiger partial charge in [0, 0.05) is 20.3 Å². The summed E-state index contributed by atoms with van der Waals surface area (Å²) in [5.41, 5.74) is 5.92. The molecule has 0 aliphatic heterocycles. The molecule has 5 nitrogen and oxygen atoms in total. The fourth-order valence-corrected chi connectivity index (χ4v) is 1.41. The van der Waals surface area contributed by atoms with Crippen molar-refractivity contribution < 1.29 is 14.6 Å². The molecule has 4 N–H and O–H groups in total. The number of methoxy groups -OCH3 is 1. The fraction of sp³-hybridized carbons (Fsp3) is 0.417. The number of anilines is 1. The van der Waals surface area contributed by atoms with Crippen LogP contribution in [0.15, 0.2) is 18.2 Å². The van der Waals surface area contributed by atoms with Gasteiger partial charge in [-0.25, -0.2) is 0 Å². The summed E-state index contributed by atoms with van der Waals surface area (Å²) in [5, 5.41) is 12.3. The molecule has 0 spiro atoms. The summed E-state index contributed by atoms with van der Waals surface area (Å²) < 4.78 is 4.90. The Labute approximate surface area is 101 Å². The molecule has 1 rings (SSSR count). The van der Waals surface area contributed by atoms with Crippen LogP contribution in [-0.4, -0.2) is 31.3 Å². The van der Waals surface area contributed by atoms with Crippen molar-refractivity contribution in [2.24, 2.45) is 0 Å². The summed E-state index contributed by atoms with van der Waals surface area (Å²) in [6, 6.07) is 4.72. The van der Waals surface area contributed by atoms with Crippen molar-refractivity contribution in [3.63, 3.8) is 0 Å². The summed E-state index contributed by atoms with van der Waals surface area (Å²) in [4.78, 5) is 11.7. The number of phenolic OH excluding ortho intramolecular Hbond substituents is 1. The van der Waals surface area contributed by atoms with E-state index in [1.165, 1.54) is 6.07 Å². The molecule has 0 saturated carbocycles. The van der Waals surface area contributed by atoms with E-state index in [9.17, 15) is 9.90 Å². The lowest BCUT2D eigenvalue weighted by molar-refractivity contribution is 0.0949. The maximum Gasteiger partial charge on any atom is 0.255 e. The van der Waals surface area contributed by atoms with Crippen molar-refractivity contribution in [1.82, 2.24) is 5.32 Å². The number of hydrogen-bond donors (Lipinski definition) is 3. The second-order valence-corrected chi connectivity index (χ2v) is 3.70. The molecule has 0 radical (unpaired) electrons. The summed E-state index contributed by atoms with van der Waals surface area (Å²) in [6.45, 7) is 1.23. The first-order chi connectivity index (χ1) is 8.16. The summed E-state index contributed by atoms with van der Waals surface area (Å²) in [7, 11) is 1.64. The summed E-state index contributed by atoms with van der Waals surface area (Å²) >= 11 is 0. The second kappa shape index (κ2) is 6.75. The van der Waals surface area contributed by atoms with Crippen LogP contribution in [0.3, 0.4) is 0 Å². The number of benzene rings is 1. The predicted molar refractivity (Wildman–Crippen MR) is 66.0 cm³/mol. The van der Waals surface area contributed by atoms with E-state index in [0.717, 1.165) is 12.8 Å². The number of nitrogen functional groups attached to an aromatic ring is 1. The Bertz CT molecular complexity index is 380. The first kappa shape index (κ1) is 13.3. The molecule has 1 amide bonds. The number of ether oxygens (including phenoxy) is 1. The van der Waals surface area contributed by atoms with Crippen LogP contribution in [0.25, 0.3) is 0 Å². The second-order valence-electron chi connectivity index (χ2n) is 3.70. The van der Waals surface area contributed by atoms with Crippen LogP contribution in [0, 0.1) is 0 Å². The number of hydrogen-bond acceptors (Lipinski definition) is 4. The van der Waals surface area contributed by atoms with Gasteiger partial charge in [-0.15, -0.1) is 0 Å². The quantitative estimate of drug-likeness (QED) is 0.394. The van der Waals surface area contributed by atoms with E-state index in [-0.39, 0.29) is 22.9 Å². The lowest BCUT2D eigenvalue weighted by atomic mass is 10.1. The minimum atomic E-state index is -0.313. The highest BCUT2D eigenvalue weighted by molar-refractivity contribution is 5.98. The van der Waals surface area contributed by atoms with Crippen molar-refractivity contribution in [3.05, 3.63) is 23.8 Å². The molecule has 5 heteroatoms. The molecule has 1 aromatic carbocycles. The third-order valence-electron chi connectivity index (χ3n) is 2.37. The maximum absolute atomic E-state index is 11.7. The Morgan fingerprint density at radius 3 is 2.94 bits per heavy atom. The lowest BCUT2D eigenvalue weighted by Gasteiger charge is -2.07. The van der Waals surface area contributed by atoms with Crippen LogP contribution >= 0.6 is 0 Å². The minimum Gasteiger partial charge on any atom is -0.505 e. The van der Waals surface area contributed by atoms with E-state index in [2.05, 4.69) is 5.32 Å². The largest absolute Gasteiger partial charge is 0.505 e. The number of aromatic hydroxyl groups is 1.